The molecule has 0 unspecified atom stereocenters. The van der Waals surface area contributed by atoms with Gasteiger partial charge in [0.15, 0.2) is 0 Å². The second kappa shape index (κ2) is 9.22. The first-order valence-electron chi connectivity index (χ1n) is 5.69. The minimum Gasteiger partial charge on any atom is -0.354 e. The Morgan fingerprint density at radius 1 is 1.05 bits per heavy atom. The Balaban J connectivity index is 0.00000361. The molecule has 0 aliphatic rings. The summed E-state index contributed by atoms with van der Waals surface area (Å²) in [6, 6.07) is 3.18. The third-order valence-electron chi connectivity index (χ3n) is 2.29. The lowest BCUT2D eigenvalue weighted by atomic mass is 10.1. The maximum atomic E-state index is 12.9. The molecule has 0 spiro atoms. The Labute approximate surface area is 121 Å². The number of carbonyl (C=O) groups excluding carboxylic acids is 2. The average molecular weight is 308 g/mol. The molecule has 1 aromatic carbocycles. The van der Waals surface area contributed by atoms with Crippen molar-refractivity contribution in [1.29, 1.82) is 0 Å². The molecule has 5 nitrogen and oxygen atoms in total. The molecule has 0 aromatic heterocycles. The lowest BCUT2D eigenvalue weighted by Gasteiger charge is -2.06. The number of benzene rings is 1. The standard InChI is InChI=1S/C12H15F2N3O2.ClH/c13-9-3-8(4-10(14)5-9)1-2-16-12(19)7-17-11(18)6-15;/h3-5H,1-2,6-7,15H2,(H,16,19)(H,17,18);1H. The fourth-order valence-corrected chi connectivity index (χ4v) is 1.42. The number of nitrogens with two attached hydrogens (primary N) is 1. The third-order valence-corrected chi connectivity index (χ3v) is 2.29. The van der Waals surface area contributed by atoms with E-state index in [0.717, 1.165) is 6.07 Å². The zero-order valence-corrected chi connectivity index (χ0v) is 11.4. The summed E-state index contributed by atoms with van der Waals surface area (Å²) >= 11 is 0. The van der Waals surface area contributed by atoms with Crippen LogP contribution < -0.4 is 16.4 Å². The van der Waals surface area contributed by atoms with E-state index >= 15 is 0 Å². The second-order valence-corrected chi connectivity index (χ2v) is 3.86. The maximum Gasteiger partial charge on any atom is 0.239 e. The highest BCUT2D eigenvalue weighted by atomic mass is 35.5. The van der Waals surface area contributed by atoms with Crippen molar-refractivity contribution in [2.24, 2.45) is 5.73 Å². The summed E-state index contributed by atoms with van der Waals surface area (Å²) < 4.78 is 25.8. The SMILES string of the molecule is Cl.NCC(=O)NCC(=O)NCCc1cc(F)cc(F)c1. The van der Waals surface area contributed by atoms with Crippen LogP contribution in [0, 0.1) is 11.6 Å². The highest BCUT2D eigenvalue weighted by Gasteiger charge is 2.04. The van der Waals surface area contributed by atoms with Crippen LogP contribution in [0.15, 0.2) is 18.2 Å². The van der Waals surface area contributed by atoms with Gasteiger partial charge in [0, 0.05) is 12.6 Å². The first-order chi connectivity index (χ1) is 9.01. The van der Waals surface area contributed by atoms with Gasteiger partial charge in [0.2, 0.25) is 11.8 Å². The molecular weight excluding hydrogens is 292 g/mol. The van der Waals surface area contributed by atoms with Crippen LogP contribution in [0.4, 0.5) is 8.78 Å². The largest absolute Gasteiger partial charge is 0.354 e. The molecule has 0 radical (unpaired) electrons. The Morgan fingerprint density at radius 3 is 2.20 bits per heavy atom. The molecule has 0 fully saturated rings. The van der Waals surface area contributed by atoms with Crippen LogP contribution in [0.3, 0.4) is 0 Å². The van der Waals surface area contributed by atoms with Gasteiger partial charge in [-0.3, -0.25) is 9.59 Å². The summed E-state index contributed by atoms with van der Waals surface area (Å²) in [5.74, 6) is -2.13. The highest BCUT2D eigenvalue weighted by Crippen LogP contribution is 2.07. The molecular formula is C12H16ClF2N3O2. The van der Waals surface area contributed by atoms with Gasteiger partial charge in [-0.05, 0) is 24.1 Å². The van der Waals surface area contributed by atoms with Crippen LogP contribution in [0.25, 0.3) is 0 Å². The predicted octanol–water partition coefficient (Wildman–Crippen LogP) is 0.120. The molecule has 8 heteroatoms. The van der Waals surface area contributed by atoms with Crippen LogP contribution in [0.5, 0.6) is 0 Å². The molecule has 20 heavy (non-hydrogen) atoms. The van der Waals surface area contributed by atoms with Gasteiger partial charge in [0.1, 0.15) is 11.6 Å². The normalized spacial score (nSPS) is 9.55. The number of halogens is 3. The van der Waals surface area contributed by atoms with Gasteiger partial charge in [-0.1, -0.05) is 0 Å². The number of nitrogens with one attached hydrogen (secondary N) is 2. The number of rotatable bonds is 6. The molecule has 0 heterocycles. The summed E-state index contributed by atoms with van der Waals surface area (Å²) in [7, 11) is 0. The number of carbonyl (C=O) groups is 2. The minimum atomic E-state index is -0.656. The zero-order chi connectivity index (χ0) is 14.3. The molecule has 0 bridgehead atoms. The quantitative estimate of drug-likeness (QED) is 0.698. The van der Waals surface area contributed by atoms with E-state index in [-0.39, 0.29) is 32.0 Å². The Morgan fingerprint density at radius 2 is 1.65 bits per heavy atom. The van der Waals surface area contributed by atoms with Crippen molar-refractivity contribution < 1.29 is 18.4 Å². The van der Waals surface area contributed by atoms with Crippen LogP contribution in [0.1, 0.15) is 5.56 Å². The molecule has 1 aromatic rings. The van der Waals surface area contributed by atoms with Gasteiger partial charge in [-0.25, -0.2) is 8.78 Å². The summed E-state index contributed by atoms with van der Waals surface area (Å²) in [6.45, 7) is -0.135. The fourth-order valence-electron chi connectivity index (χ4n) is 1.42. The Bertz CT molecular complexity index is 452. The second-order valence-electron chi connectivity index (χ2n) is 3.86. The lowest BCUT2D eigenvalue weighted by Crippen LogP contribution is -2.40. The Kier molecular flexibility index (Phi) is 8.42. The smallest absolute Gasteiger partial charge is 0.239 e. The van der Waals surface area contributed by atoms with E-state index < -0.39 is 23.4 Å². The molecule has 0 aliphatic carbocycles. The van der Waals surface area contributed by atoms with E-state index in [2.05, 4.69) is 10.6 Å². The molecule has 2 amide bonds. The van der Waals surface area contributed by atoms with E-state index in [4.69, 9.17) is 5.73 Å². The van der Waals surface area contributed by atoms with Gasteiger partial charge >= 0.3 is 0 Å². The van der Waals surface area contributed by atoms with Gasteiger partial charge < -0.3 is 16.4 Å². The van der Waals surface area contributed by atoms with Crippen LogP contribution in [-0.2, 0) is 16.0 Å². The molecule has 4 N–H and O–H groups in total. The minimum absolute atomic E-state index is 0. The predicted molar refractivity (Wildman–Crippen MR) is 72.4 cm³/mol. The van der Waals surface area contributed by atoms with Gasteiger partial charge in [-0.2, -0.15) is 0 Å². The number of hydrogen-bond acceptors (Lipinski definition) is 3. The zero-order valence-electron chi connectivity index (χ0n) is 10.6. The van der Waals surface area contributed by atoms with E-state index in [1.165, 1.54) is 12.1 Å². The van der Waals surface area contributed by atoms with Crippen molar-refractivity contribution in [2.45, 2.75) is 6.42 Å². The molecule has 0 saturated heterocycles. The molecule has 1 rings (SSSR count). The third kappa shape index (κ3) is 7.01. The molecule has 112 valence electrons. The first-order valence-corrected chi connectivity index (χ1v) is 5.69. The van der Waals surface area contributed by atoms with Crippen LogP contribution >= 0.6 is 12.4 Å². The Hall–Kier alpha value is -1.73. The van der Waals surface area contributed by atoms with Crippen molar-refractivity contribution in [3.05, 3.63) is 35.4 Å². The molecule has 0 atom stereocenters. The van der Waals surface area contributed by atoms with E-state index in [1.54, 1.807) is 0 Å². The van der Waals surface area contributed by atoms with Gasteiger partial charge in [0.25, 0.3) is 0 Å². The van der Waals surface area contributed by atoms with Gasteiger partial charge in [0.05, 0.1) is 13.1 Å². The van der Waals surface area contributed by atoms with Gasteiger partial charge in [-0.15, -0.1) is 12.4 Å². The van der Waals surface area contributed by atoms with Crippen LogP contribution in [-0.4, -0.2) is 31.4 Å². The average Bonchev–Trinajstić information content (AvgIpc) is 2.34. The maximum absolute atomic E-state index is 12.9. The summed E-state index contributed by atoms with van der Waals surface area (Å²) in [4.78, 5) is 22.1. The summed E-state index contributed by atoms with van der Waals surface area (Å²) in [6.07, 6.45) is 0.297. The lowest BCUT2D eigenvalue weighted by molar-refractivity contribution is -0.125. The molecule has 0 aliphatic heterocycles. The van der Waals surface area contributed by atoms with Crippen LogP contribution in [0.2, 0.25) is 0 Å². The van der Waals surface area contributed by atoms with E-state index in [0.29, 0.717) is 12.0 Å². The highest BCUT2D eigenvalue weighted by molar-refractivity contribution is 5.85. The first kappa shape index (κ1) is 18.3. The van der Waals surface area contributed by atoms with Crippen molar-refractivity contribution in [1.82, 2.24) is 10.6 Å². The van der Waals surface area contributed by atoms with Crippen molar-refractivity contribution in [2.75, 3.05) is 19.6 Å². The van der Waals surface area contributed by atoms with E-state index in [9.17, 15) is 18.4 Å². The number of amides is 2. The topological polar surface area (TPSA) is 84.2 Å². The van der Waals surface area contributed by atoms with Crippen molar-refractivity contribution in [3.8, 4) is 0 Å². The van der Waals surface area contributed by atoms with Crippen molar-refractivity contribution >= 4 is 24.2 Å². The fraction of sp³-hybridized carbons (Fsp3) is 0.333. The van der Waals surface area contributed by atoms with E-state index in [1.807, 2.05) is 0 Å². The van der Waals surface area contributed by atoms with Crippen molar-refractivity contribution in [3.63, 3.8) is 0 Å². The number of hydrogen-bond donors (Lipinski definition) is 3. The monoisotopic (exact) mass is 307 g/mol. The summed E-state index contributed by atoms with van der Waals surface area (Å²) in [5, 5.41) is 4.81. The molecule has 0 saturated carbocycles. The summed E-state index contributed by atoms with van der Waals surface area (Å²) in [5.41, 5.74) is 5.50.